The molecule has 1 saturated carbocycles. The van der Waals surface area contributed by atoms with Crippen LogP contribution in [-0.2, 0) is 4.74 Å². The van der Waals surface area contributed by atoms with Crippen LogP contribution < -0.4 is 11.1 Å². The number of nitrogens with one attached hydrogen (secondary N) is 1. The lowest BCUT2D eigenvalue weighted by Gasteiger charge is -2.23. The van der Waals surface area contributed by atoms with Gasteiger partial charge in [-0.3, -0.25) is 0 Å². The Morgan fingerprint density at radius 2 is 2.18 bits per heavy atom. The van der Waals surface area contributed by atoms with Crippen molar-refractivity contribution >= 4 is 11.9 Å². The van der Waals surface area contributed by atoms with E-state index < -0.39 is 12.2 Å². The van der Waals surface area contributed by atoms with E-state index in [2.05, 4.69) is 10.5 Å². The zero-order valence-corrected chi connectivity index (χ0v) is 10.6. The molecule has 0 spiro atoms. The highest BCUT2D eigenvalue weighted by atomic mass is 16.6. The van der Waals surface area contributed by atoms with Crippen LogP contribution in [0.15, 0.2) is 5.16 Å². The molecule has 1 fully saturated rings. The van der Waals surface area contributed by atoms with E-state index in [4.69, 9.17) is 15.7 Å². The highest BCUT2D eigenvalue weighted by molar-refractivity contribution is 5.86. The predicted molar refractivity (Wildman–Crippen MR) is 63.9 cm³/mol. The first-order chi connectivity index (χ1) is 7.81. The largest absolute Gasteiger partial charge is 0.438 e. The standard InChI is InChI=1S/C11H21N3O3/c1-11(2,3)13-10(15)17-8(9(12)14-16)6-7-4-5-7/h7-8,16H,4-6H2,1-3H3,(H2,12,14)(H,13,15). The van der Waals surface area contributed by atoms with Crippen molar-refractivity contribution in [2.45, 2.75) is 51.7 Å². The minimum atomic E-state index is -0.644. The number of ether oxygens (including phenoxy) is 1. The first-order valence-electron chi connectivity index (χ1n) is 5.78. The summed E-state index contributed by atoms with van der Waals surface area (Å²) in [4.78, 5) is 11.6. The van der Waals surface area contributed by atoms with Crippen LogP contribution in [0, 0.1) is 5.92 Å². The number of amidine groups is 1. The maximum absolute atomic E-state index is 11.6. The van der Waals surface area contributed by atoms with Crippen molar-refractivity contribution in [3.8, 4) is 0 Å². The zero-order chi connectivity index (χ0) is 13.1. The lowest BCUT2D eigenvalue weighted by Crippen LogP contribution is -2.44. The molecule has 0 aromatic carbocycles. The number of amides is 1. The lowest BCUT2D eigenvalue weighted by molar-refractivity contribution is 0.111. The highest BCUT2D eigenvalue weighted by Crippen LogP contribution is 2.34. The summed E-state index contributed by atoms with van der Waals surface area (Å²) in [5, 5.41) is 14.2. The van der Waals surface area contributed by atoms with Crippen LogP contribution in [0.5, 0.6) is 0 Å². The molecule has 1 rings (SSSR count). The van der Waals surface area contributed by atoms with Gasteiger partial charge in [0.15, 0.2) is 11.9 Å². The number of nitrogens with zero attached hydrogens (tertiary/aromatic N) is 1. The average molecular weight is 243 g/mol. The third-order valence-corrected chi connectivity index (χ3v) is 2.42. The molecule has 98 valence electrons. The molecule has 17 heavy (non-hydrogen) atoms. The van der Waals surface area contributed by atoms with Crippen LogP contribution >= 0.6 is 0 Å². The van der Waals surface area contributed by atoms with E-state index >= 15 is 0 Å². The normalized spacial score (nSPS) is 18.6. The maximum atomic E-state index is 11.6. The minimum absolute atomic E-state index is 0.0547. The van der Waals surface area contributed by atoms with Crippen LogP contribution in [0.3, 0.4) is 0 Å². The molecule has 1 aliphatic rings. The van der Waals surface area contributed by atoms with Crippen molar-refractivity contribution in [2.75, 3.05) is 0 Å². The molecule has 1 unspecified atom stereocenters. The van der Waals surface area contributed by atoms with Gasteiger partial charge >= 0.3 is 6.09 Å². The number of carbonyl (C=O) groups is 1. The van der Waals surface area contributed by atoms with Gasteiger partial charge in [0, 0.05) is 5.54 Å². The molecule has 0 saturated heterocycles. The van der Waals surface area contributed by atoms with Gasteiger partial charge in [0.05, 0.1) is 0 Å². The summed E-state index contributed by atoms with van der Waals surface area (Å²) in [5.41, 5.74) is 5.13. The molecule has 0 heterocycles. The highest BCUT2D eigenvalue weighted by Gasteiger charge is 2.30. The van der Waals surface area contributed by atoms with Crippen molar-refractivity contribution in [3.63, 3.8) is 0 Å². The van der Waals surface area contributed by atoms with E-state index in [0.717, 1.165) is 12.8 Å². The molecular weight excluding hydrogens is 222 g/mol. The van der Waals surface area contributed by atoms with E-state index in [0.29, 0.717) is 12.3 Å². The summed E-state index contributed by atoms with van der Waals surface area (Å²) in [6.07, 6.45) is 1.65. The smallest absolute Gasteiger partial charge is 0.408 e. The molecule has 0 bridgehead atoms. The number of alkyl carbamates (subject to hydrolysis) is 1. The fraction of sp³-hybridized carbons (Fsp3) is 0.818. The summed E-state index contributed by atoms with van der Waals surface area (Å²) < 4.78 is 5.16. The molecule has 1 atom stereocenters. The van der Waals surface area contributed by atoms with Crippen LogP contribution in [0.1, 0.15) is 40.0 Å². The van der Waals surface area contributed by atoms with Gasteiger partial charge in [-0.15, -0.1) is 0 Å². The van der Waals surface area contributed by atoms with Gasteiger partial charge in [0.25, 0.3) is 0 Å². The van der Waals surface area contributed by atoms with Crippen LogP contribution in [-0.4, -0.2) is 28.8 Å². The lowest BCUT2D eigenvalue weighted by atomic mass is 10.1. The Bertz CT molecular complexity index is 306. The van der Waals surface area contributed by atoms with Crippen molar-refractivity contribution < 1.29 is 14.7 Å². The molecule has 4 N–H and O–H groups in total. The topological polar surface area (TPSA) is 96.9 Å². The number of carbonyl (C=O) groups excluding carboxylic acids is 1. The number of nitrogens with two attached hydrogens (primary N) is 1. The van der Waals surface area contributed by atoms with E-state index in [9.17, 15) is 4.79 Å². The van der Waals surface area contributed by atoms with Crippen molar-refractivity contribution in [1.82, 2.24) is 5.32 Å². The van der Waals surface area contributed by atoms with Gasteiger partial charge in [-0.05, 0) is 33.1 Å². The van der Waals surface area contributed by atoms with Gasteiger partial charge in [-0.25, -0.2) is 4.79 Å². The quantitative estimate of drug-likeness (QED) is 0.301. The second-order valence-corrected chi connectivity index (χ2v) is 5.47. The van der Waals surface area contributed by atoms with Crippen LogP contribution in [0.25, 0.3) is 0 Å². The Morgan fingerprint density at radius 1 is 1.59 bits per heavy atom. The maximum Gasteiger partial charge on any atom is 0.408 e. The number of oxime groups is 1. The van der Waals surface area contributed by atoms with Gasteiger partial charge in [-0.1, -0.05) is 18.0 Å². The first kappa shape index (κ1) is 13.6. The fourth-order valence-corrected chi connectivity index (χ4v) is 1.41. The molecule has 6 heteroatoms. The molecule has 6 nitrogen and oxygen atoms in total. The molecule has 0 aromatic heterocycles. The first-order valence-corrected chi connectivity index (χ1v) is 5.78. The summed E-state index contributed by atoms with van der Waals surface area (Å²) in [6, 6.07) is 0. The zero-order valence-electron chi connectivity index (χ0n) is 10.6. The van der Waals surface area contributed by atoms with E-state index in [1.54, 1.807) is 0 Å². The summed E-state index contributed by atoms with van der Waals surface area (Å²) in [5.74, 6) is 0.462. The second kappa shape index (κ2) is 5.25. The Kier molecular flexibility index (Phi) is 4.20. The van der Waals surface area contributed by atoms with Gasteiger partial charge in [0.1, 0.15) is 0 Å². The van der Waals surface area contributed by atoms with Crippen LogP contribution in [0.2, 0.25) is 0 Å². The summed E-state index contributed by atoms with van der Waals surface area (Å²) in [6.45, 7) is 5.56. The van der Waals surface area contributed by atoms with Gasteiger partial charge in [0.2, 0.25) is 0 Å². The third kappa shape index (κ3) is 5.42. The predicted octanol–water partition coefficient (Wildman–Crippen LogP) is 1.43. The molecule has 1 aliphatic carbocycles. The van der Waals surface area contributed by atoms with E-state index in [-0.39, 0.29) is 11.4 Å². The van der Waals surface area contributed by atoms with Crippen molar-refractivity contribution in [3.05, 3.63) is 0 Å². The monoisotopic (exact) mass is 243 g/mol. The van der Waals surface area contributed by atoms with Crippen molar-refractivity contribution in [2.24, 2.45) is 16.8 Å². The minimum Gasteiger partial charge on any atom is -0.438 e. The Labute approximate surface area is 101 Å². The molecular formula is C11H21N3O3. The second-order valence-electron chi connectivity index (χ2n) is 5.47. The third-order valence-electron chi connectivity index (χ3n) is 2.42. The van der Waals surface area contributed by atoms with Crippen molar-refractivity contribution in [1.29, 1.82) is 0 Å². The molecule has 0 aliphatic heterocycles. The fourth-order valence-electron chi connectivity index (χ4n) is 1.41. The van der Waals surface area contributed by atoms with Crippen LogP contribution in [0.4, 0.5) is 4.79 Å². The SMILES string of the molecule is CC(C)(C)NC(=O)OC(CC1CC1)/C(N)=N/O. The Hall–Kier alpha value is -1.46. The number of hydrogen-bond donors (Lipinski definition) is 3. The van der Waals surface area contributed by atoms with Gasteiger partial charge in [-0.2, -0.15) is 0 Å². The summed E-state index contributed by atoms with van der Waals surface area (Å²) in [7, 11) is 0. The molecule has 0 radical (unpaired) electrons. The summed E-state index contributed by atoms with van der Waals surface area (Å²) >= 11 is 0. The average Bonchev–Trinajstić information content (AvgIpc) is 2.96. The number of rotatable bonds is 4. The molecule has 1 amide bonds. The number of hydrogen-bond acceptors (Lipinski definition) is 4. The van der Waals surface area contributed by atoms with E-state index in [1.165, 1.54) is 0 Å². The molecule has 0 aromatic rings. The Balaban J connectivity index is 2.50. The Morgan fingerprint density at radius 3 is 2.59 bits per heavy atom. The van der Waals surface area contributed by atoms with Gasteiger partial charge < -0.3 is 21.0 Å². The van der Waals surface area contributed by atoms with E-state index in [1.807, 2.05) is 20.8 Å².